The van der Waals surface area contributed by atoms with E-state index in [1.165, 1.54) is 0 Å². The second kappa shape index (κ2) is 6.12. The summed E-state index contributed by atoms with van der Waals surface area (Å²) in [5.74, 6) is 0.921. The first-order valence-corrected chi connectivity index (χ1v) is 8.89. The minimum Gasteiger partial charge on any atom is -0.356 e. The van der Waals surface area contributed by atoms with Crippen LogP contribution in [-0.4, -0.2) is 42.5 Å². The van der Waals surface area contributed by atoms with Crippen LogP contribution in [0, 0.1) is 0 Å². The number of aryl methyl sites for hydroxylation is 1. The number of fused-ring (bicyclic) bond motifs is 3. The van der Waals surface area contributed by atoms with Crippen molar-refractivity contribution in [3.63, 3.8) is 0 Å². The lowest BCUT2D eigenvalue weighted by Crippen LogP contribution is -2.37. The molecule has 1 saturated heterocycles. The van der Waals surface area contributed by atoms with Gasteiger partial charge in [0, 0.05) is 43.3 Å². The van der Waals surface area contributed by atoms with E-state index in [4.69, 9.17) is 13.7 Å². The number of pyridine rings is 2. The topological polar surface area (TPSA) is 80.5 Å². The van der Waals surface area contributed by atoms with E-state index in [2.05, 4.69) is 20.5 Å². The van der Waals surface area contributed by atoms with Crippen molar-refractivity contribution in [2.24, 2.45) is 7.05 Å². The van der Waals surface area contributed by atoms with Crippen LogP contribution in [0.5, 0.6) is 0 Å². The summed E-state index contributed by atoms with van der Waals surface area (Å²) in [4.78, 5) is 11.2. The van der Waals surface area contributed by atoms with Gasteiger partial charge in [-0.25, -0.2) is 4.98 Å². The summed E-state index contributed by atoms with van der Waals surface area (Å²) in [5, 5.41) is 2.20. The molecule has 1 aliphatic heterocycles. The van der Waals surface area contributed by atoms with Crippen LogP contribution < -0.4 is 4.90 Å². The SMILES string of the molecule is Cn1c2ccncc2c2ccc(N3CCC(OS(=O)O)CC3)nc21. The van der Waals surface area contributed by atoms with Gasteiger partial charge in [0.15, 0.2) is 0 Å². The molecule has 4 rings (SSSR count). The Labute approximate surface area is 141 Å². The van der Waals surface area contributed by atoms with Crippen molar-refractivity contribution in [1.82, 2.24) is 14.5 Å². The molecule has 1 unspecified atom stereocenters. The van der Waals surface area contributed by atoms with E-state index in [0.717, 1.165) is 40.8 Å². The van der Waals surface area contributed by atoms with Gasteiger partial charge in [0.05, 0.1) is 11.6 Å². The van der Waals surface area contributed by atoms with E-state index in [1.807, 2.05) is 25.4 Å². The zero-order chi connectivity index (χ0) is 16.7. The summed E-state index contributed by atoms with van der Waals surface area (Å²) in [7, 11) is 2.01. The molecule has 7 nitrogen and oxygen atoms in total. The Bertz CT molecular complexity index is 918. The molecule has 0 saturated carbocycles. The fourth-order valence-electron chi connectivity index (χ4n) is 3.38. The van der Waals surface area contributed by atoms with Gasteiger partial charge in [0.2, 0.25) is 0 Å². The van der Waals surface area contributed by atoms with Crippen LogP contribution in [0.4, 0.5) is 5.82 Å². The van der Waals surface area contributed by atoms with Crippen molar-refractivity contribution in [2.45, 2.75) is 18.9 Å². The van der Waals surface area contributed by atoms with Crippen molar-refractivity contribution in [2.75, 3.05) is 18.0 Å². The number of piperidine rings is 1. The van der Waals surface area contributed by atoms with E-state index >= 15 is 0 Å². The largest absolute Gasteiger partial charge is 0.356 e. The van der Waals surface area contributed by atoms with Crippen molar-refractivity contribution >= 4 is 39.1 Å². The summed E-state index contributed by atoms with van der Waals surface area (Å²) in [6.45, 7) is 1.51. The lowest BCUT2D eigenvalue weighted by atomic mass is 10.1. The Hall–Kier alpha value is -2.03. The molecule has 1 N–H and O–H groups in total. The molecule has 0 radical (unpaired) electrons. The highest BCUT2D eigenvalue weighted by Crippen LogP contribution is 2.29. The van der Waals surface area contributed by atoms with Crippen LogP contribution in [0.3, 0.4) is 0 Å². The molecule has 126 valence electrons. The number of hydrogen-bond donors (Lipinski definition) is 1. The van der Waals surface area contributed by atoms with Gasteiger partial charge in [0.1, 0.15) is 11.5 Å². The standard InChI is InChI=1S/C16H18N4O3S/c1-19-14-4-7-17-10-13(14)12-2-3-15(18-16(12)19)20-8-5-11(6-9-20)23-24(21)22/h2-4,7,10-11H,5-6,8-9H2,1H3,(H,21,22). The number of rotatable bonds is 3. The van der Waals surface area contributed by atoms with Crippen molar-refractivity contribution in [3.05, 3.63) is 30.6 Å². The molecule has 1 atom stereocenters. The lowest BCUT2D eigenvalue weighted by Gasteiger charge is -2.31. The molecule has 1 fully saturated rings. The molecule has 0 aliphatic carbocycles. The molecule has 24 heavy (non-hydrogen) atoms. The predicted octanol–water partition coefficient (Wildman–Crippen LogP) is 2.24. The Balaban J connectivity index is 1.63. The molecule has 0 amide bonds. The maximum atomic E-state index is 10.7. The molecule has 8 heteroatoms. The average molecular weight is 346 g/mol. The first-order chi connectivity index (χ1) is 11.6. The van der Waals surface area contributed by atoms with Gasteiger partial charge in [0.25, 0.3) is 0 Å². The van der Waals surface area contributed by atoms with E-state index in [0.29, 0.717) is 12.8 Å². The van der Waals surface area contributed by atoms with Gasteiger partial charge in [-0.15, -0.1) is 0 Å². The zero-order valence-corrected chi connectivity index (χ0v) is 14.1. The minimum atomic E-state index is -2.19. The second-order valence-corrected chi connectivity index (χ2v) is 6.62. The number of aromatic nitrogens is 3. The summed E-state index contributed by atoms with van der Waals surface area (Å²) in [6, 6.07) is 6.11. The first-order valence-electron chi connectivity index (χ1n) is 7.85. The van der Waals surface area contributed by atoms with Crippen LogP contribution in [0.2, 0.25) is 0 Å². The third-order valence-electron chi connectivity index (χ3n) is 4.61. The zero-order valence-electron chi connectivity index (χ0n) is 13.3. The third kappa shape index (κ3) is 2.66. The molecular weight excluding hydrogens is 328 g/mol. The van der Waals surface area contributed by atoms with Gasteiger partial charge in [-0.3, -0.25) is 13.7 Å². The molecule has 4 heterocycles. The predicted molar refractivity (Wildman–Crippen MR) is 93.1 cm³/mol. The summed E-state index contributed by atoms with van der Waals surface area (Å²) >= 11 is -2.19. The van der Waals surface area contributed by atoms with E-state index < -0.39 is 11.4 Å². The highest BCUT2D eigenvalue weighted by molar-refractivity contribution is 7.74. The van der Waals surface area contributed by atoms with Crippen molar-refractivity contribution in [3.8, 4) is 0 Å². The number of nitrogens with zero attached hydrogens (tertiary/aromatic N) is 4. The molecule has 3 aromatic heterocycles. The summed E-state index contributed by atoms with van der Waals surface area (Å²) in [6.07, 6.45) is 4.92. The summed E-state index contributed by atoms with van der Waals surface area (Å²) in [5.41, 5.74) is 2.05. The van der Waals surface area contributed by atoms with E-state index in [1.54, 1.807) is 6.20 Å². The minimum absolute atomic E-state index is 0.167. The Kier molecular flexibility index (Phi) is 3.95. The van der Waals surface area contributed by atoms with Crippen LogP contribution in [0.25, 0.3) is 21.9 Å². The average Bonchev–Trinajstić information content (AvgIpc) is 2.88. The van der Waals surface area contributed by atoms with Crippen LogP contribution in [0.1, 0.15) is 12.8 Å². The Morgan fingerprint density at radius 3 is 2.79 bits per heavy atom. The second-order valence-electron chi connectivity index (χ2n) is 5.99. The highest BCUT2D eigenvalue weighted by Gasteiger charge is 2.23. The fraction of sp³-hybridized carbons (Fsp3) is 0.375. The number of anilines is 1. The van der Waals surface area contributed by atoms with Crippen LogP contribution in [0.15, 0.2) is 30.6 Å². The van der Waals surface area contributed by atoms with Crippen molar-refractivity contribution in [1.29, 1.82) is 0 Å². The Morgan fingerprint density at radius 1 is 1.25 bits per heavy atom. The first kappa shape index (κ1) is 15.5. The molecule has 3 aromatic rings. The van der Waals surface area contributed by atoms with Gasteiger partial charge in [-0.2, -0.15) is 4.21 Å². The fourth-order valence-corrected chi connectivity index (χ4v) is 3.80. The van der Waals surface area contributed by atoms with E-state index in [9.17, 15) is 4.21 Å². The lowest BCUT2D eigenvalue weighted by molar-refractivity contribution is 0.174. The molecule has 0 aromatic carbocycles. The van der Waals surface area contributed by atoms with Crippen molar-refractivity contribution < 1.29 is 12.9 Å². The molecular formula is C16H18N4O3S. The monoisotopic (exact) mass is 346 g/mol. The highest BCUT2D eigenvalue weighted by atomic mass is 32.2. The molecule has 0 spiro atoms. The number of hydrogen-bond acceptors (Lipinski definition) is 5. The quantitative estimate of drug-likeness (QED) is 0.733. The maximum Gasteiger partial charge on any atom is 0.302 e. The third-order valence-corrected chi connectivity index (χ3v) is 5.05. The van der Waals surface area contributed by atoms with E-state index in [-0.39, 0.29) is 6.10 Å². The summed E-state index contributed by atoms with van der Waals surface area (Å²) < 4.78 is 26.6. The van der Waals surface area contributed by atoms with Gasteiger partial charge < -0.3 is 9.47 Å². The molecule has 1 aliphatic rings. The van der Waals surface area contributed by atoms with Gasteiger partial charge >= 0.3 is 11.4 Å². The van der Waals surface area contributed by atoms with Crippen LogP contribution in [-0.2, 0) is 22.6 Å². The maximum absolute atomic E-state index is 10.7. The smallest absolute Gasteiger partial charge is 0.302 e. The van der Waals surface area contributed by atoms with Gasteiger partial charge in [-0.1, -0.05) is 0 Å². The normalized spacial score (nSPS) is 17.7. The van der Waals surface area contributed by atoms with Gasteiger partial charge in [-0.05, 0) is 31.0 Å². The molecule has 0 bridgehead atoms. The Morgan fingerprint density at radius 2 is 2.04 bits per heavy atom. The van der Waals surface area contributed by atoms with Crippen LogP contribution >= 0.6 is 0 Å².